The van der Waals surface area contributed by atoms with Gasteiger partial charge in [0.2, 0.25) is 0 Å². The third-order valence-corrected chi connectivity index (χ3v) is 2.94. The number of carbonyl (C=O) groups is 1. The lowest BCUT2D eigenvalue weighted by molar-refractivity contribution is -0.137. The Morgan fingerprint density at radius 3 is 2.86 bits per heavy atom. The van der Waals surface area contributed by atoms with Crippen molar-refractivity contribution in [3.05, 3.63) is 0 Å². The number of hydrogen-bond donors (Lipinski definition) is 2. The molecule has 82 valence electrons. The molecule has 0 bridgehead atoms. The second kappa shape index (κ2) is 5.32. The van der Waals surface area contributed by atoms with E-state index in [4.69, 9.17) is 5.11 Å². The molecule has 1 aliphatic heterocycles. The van der Waals surface area contributed by atoms with Crippen molar-refractivity contribution in [3.8, 4) is 0 Å². The summed E-state index contributed by atoms with van der Waals surface area (Å²) in [6, 6.07) is 0. The van der Waals surface area contributed by atoms with Gasteiger partial charge >= 0.3 is 5.97 Å². The van der Waals surface area contributed by atoms with Crippen molar-refractivity contribution in [2.75, 3.05) is 19.6 Å². The highest BCUT2D eigenvalue weighted by Crippen LogP contribution is 2.19. The Hall–Kier alpha value is -0.610. The van der Waals surface area contributed by atoms with Crippen LogP contribution in [0, 0.1) is 5.92 Å². The normalized spacial score (nSPS) is 29.0. The lowest BCUT2D eigenvalue weighted by Crippen LogP contribution is -2.43. The Morgan fingerprint density at radius 2 is 2.29 bits per heavy atom. The number of rotatable bonds is 4. The SMILES string of the molecule is CC[C@H]1CN(CCC(=O)O)CC[C@@H]1O. The zero-order valence-corrected chi connectivity index (χ0v) is 8.65. The van der Waals surface area contributed by atoms with Gasteiger partial charge in [-0.1, -0.05) is 6.92 Å². The summed E-state index contributed by atoms with van der Waals surface area (Å²) >= 11 is 0. The van der Waals surface area contributed by atoms with E-state index in [0.29, 0.717) is 12.5 Å². The second-order valence-corrected chi connectivity index (χ2v) is 3.97. The molecule has 1 fully saturated rings. The van der Waals surface area contributed by atoms with E-state index in [1.54, 1.807) is 0 Å². The van der Waals surface area contributed by atoms with E-state index in [0.717, 1.165) is 25.9 Å². The molecule has 0 aromatic rings. The van der Waals surface area contributed by atoms with Crippen LogP contribution in [-0.2, 0) is 4.79 Å². The molecule has 0 amide bonds. The van der Waals surface area contributed by atoms with Crippen LogP contribution < -0.4 is 0 Å². The molecule has 4 heteroatoms. The molecule has 4 nitrogen and oxygen atoms in total. The fraction of sp³-hybridized carbons (Fsp3) is 0.900. The molecule has 0 aliphatic carbocycles. The molecule has 0 spiro atoms. The molecule has 14 heavy (non-hydrogen) atoms. The third-order valence-electron chi connectivity index (χ3n) is 2.94. The van der Waals surface area contributed by atoms with E-state index in [2.05, 4.69) is 11.8 Å². The van der Waals surface area contributed by atoms with Crippen LogP contribution >= 0.6 is 0 Å². The number of hydrogen-bond acceptors (Lipinski definition) is 3. The zero-order chi connectivity index (χ0) is 10.6. The summed E-state index contributed by atoms with van der Waals surface area (Å²) in [5.41, 5.74) is 0. The van der Waals surface area contributed by atoms with Gasteiger partial charge in [0.05, 0.1) is 12.5 Å². The first-order valence-corrected chi connectivity index (χ1v) is 5.25. The lowest BCUT2D eigenvalue weighted by Gasteiger charge is -2.35. The molecule has 0 aromatic heterocycles. The minimum Gasteiger partial charge on any atom is -0.481 e. The Morgan fingerprint density at radius 1 is 1.57 bits per heavy atom. The summed E-state index contributed by atoms with van der Waals surface area (Å²) in [7, 11) is 0. The van der Waals surface area contributed by atoms with E-state index in [-0.39, 0.29) is 12.5 Å². The van der Waals surface area contributed by atoms with Crippen LogP contribution in [0.1, 0.15) is 26.2 Å². The van der Waals surface area contributed by atoms with Gasteiger partial charge in [-0.05, 0) is 18.8 Å². The maximum absolute atomic E-state index is 10.4. The highest BCUT2D eigenvalue weighted by Gasteiger charge is 2.26. The van der Waals surface area contributed by atoms with Crippen LogP contribution in [-0.4, -0.2) is 46.8 Å². The van der Waals surface area contributed by atoms with Crippen molar-refractivity contribution in [1.29, 1.82) is 0 Å². The Kier molecular flexibility index (Phi) is 4.35. The standard InChI is InChI=1S/C10H19NO3/c1-2-8-7-11(5-3-9(8)12)6-4-10(13)14/h8-9,12H,2-7H2,1H3,(H,13,14)/t8-,9-/m0/s1. The van der Waals surface area contributed by atoms with Gasteiger partial charge in [-0.25, -0.2) is 0 Å². The number of aliphatic hydroxyl groups excluding tert-OH is 1. The predicted octanol–water partition coefficient (Wildman–Crippen LogP) is 0.554. The first-order chi connectivity index (χ1) is 6.63. The molecule has 2 N–H and O–H groups in total. The fourth-order valence-corrected chi connectivity index (χ4v) is 1.95. The predicted molar refractivity (Wildman–Crippen MR) is 53.1 cm³/mol. The maximum Gasteiger partial charge on any atom is 0.304 e. The number of nitrogens with zero attached hydrogens (tertiary/aromatic N) is 1. The highest BCUT2D eigenvalue weighted by atomic mass is 16.4. The zero-order valence-electron chi connectivity index (χ0n) is 8.65. The van der Waals surface area contributed by atoms with E-state index < -0.39 is 5.97 Å². The van der Waals surface area contributed by atoms with E-state index in [1.165, 1.54) is 0 Å². The molecular weight excluding hydrogens is 182 g/mol. The quantitative estimate of drug-likeness (QED) is 0.697. The molecule has 0 radical (unpaired) electrons. The molecular formula is C10H19NO3. The molecule has 1 saturated heterocycles. The maximum atomic E-state index is 10.4. The van der Waals surface area contributed by atoms with Crippen LogP contribution in [0.2, 0.25) is 0 Å². The summed E-state index contributed by atoms with van der Waals surface area (Å²) in [5.74, 6) is -0.429. The van der Waals surface area contributed by atoms with E-state index >= 15 is 0 Å². The van der Waals surface area contributed by atoms with Crippen LogP contribution in [0.15, 0.2) is 0 Å². The average Bonchev–Trinajstić information content (AvgIpc) is 2.16. The van der Waals surface area contributed by atoms with Crippen molar-refractivity contribution in [2.45, 2.75) is 32.3 Å². The smallest absolute Gasteiger partial charge is 0.304 e. The molecule has 1 heterocycles. The van der Waals surface area contributed by atoms with Crippen LogP contribution in [0.25, 0.3) is 0 Å². The van der Waals surface area contributed by atoms with Crippen molar-refractivity contribution < 1.29 is 15.0 Å². The largest absolute Gasteiger partial charge is 0.481 e. The van der Waals surface area contributed by atoms with Crippen molar-refractivity contribution >= 4 is 5.97 Å². The van der Waals surface area contributed by atoms with Crippen molar-refractivity contribution in [3.63, 3.8) is 0 Å². The topological polar surface area (TPSA) is 60.8 Å². The van der Waals surface area contributed by atoms with Gasteiger partial charge in [-0.2, -0.15) is 0 Å². The molecule has 0 aromatic carbocycles. The summed E-state index contributed by atoms with van der Waals surface area (Å²) in [4.78, 5) is 12.5. The van der Waals surface area contributed by atoms with Crippen LogP contribution in [0.4, 0.5) is 0 Å². The van der Waals surface area contributed by atoms with Gasteiger partial charge in [0.15, 0.2) is 0 Å². The summed E-state index contributed by atoms with van der Waals surface area (Å²) < 4.78 is 0. The Labute approximate surface area is 84.5 Å². The highest BCUT2D eigenvalue weighted by molar-refractivity contribution is 5.66. The number of carboxylic acids is 1. The van der Waals surface area contributed by atoms with E-state index in [1.807, 2.05) is 0 Å². The van der Waals surface area contributed by atoms with Crippen molar-refractivity contribution in [2.24, 2.45) is 5.92 Å². The lowest BCUT2D eigenvalue weighted by atomic mass is 9.92. The monoisotopic (exact) mass is 201 g/mol. The number of likely N-dealkylation sites (tertiary alicyclic amines) is 1. The van der Waals surface area contributed by atoms with Gasteiger partial charge in [-0.3, -0.25) is 4.79 Å². The molecule has 0 saturated carbocycles. The molecule has 0 unspecified atom stereocenters. The Balaban J connectivity index is 2.31. The summed E-state index contributed by atoms with van der Waals surface area (Å²) in [6.45, 7) is 4.34. The minimum atomic E-state index is -0.746. The van der Waals surface area contributed by atoms with Gasteiger partial charge in [0, 0.05) is 19.6 Å². The number of carboxylic acid groups (broad SMARTS) is 1. The number of piperidine rings is 1. The molecule has 2 atom stereocenters. The van der Waals surface area contributed by atoms with Gasteiger partial charge in [-0.15, -0.1) is 0 Å². The Bertz CT molecular complexity index is 196. The van der Waals surface area contributed by atoms with Crippen LogP contribution in [0.5, 0.6) is 0 Å². The van der Waals surface area contributed by atoms with Crippen molar-refractivity contribution in [1.82, 2.24) is 4.90 Å². The van der Waals surface area contributed by atoms with Gasteiger partial charge in [0.1, 0.15) is 0 Å². The summed E-state index contributed by atoms with van der Waals surface area (Å²) in [5, 5.41) is 18.2. The van der Waals surface area contributed by atoms with Crippen LogP contribution in [0.3, 0.4) is 0 Å². The minimum absolute atomic E-state index is 0.193. The number of aliphatic carboxylic acids is 1. The second-order valence-electron chi connectivity index (χ2n) is 3.97. The fourth-order valence-electron chi connectivity index (χ4n) is 1.95. The summed E-state index contributed by atoms with van der Waals surface area (Å²) in [6.07, 6.45) is 1.75. The van der Waals surface area contributed by atoms with Gasteiger partial charge < -0.3 is 15.1 Å². The first kappa shape index (κ1) is 11.5. The third kappa shape index (κ3) is 3.27. The first-order valence-electron chi connectivity index (χ1n) is 5.25. The molecule has 1 aliphatic rings. The number of aliphatic hydroxyl groups is 1. The molecule has 1 rings (SSSR count). The average molecular weight is 201 g/mol. The van der Waals surface area contributed by atoms with Gasteiger partial charge in [0.25, 0.3) is 0 Å². The van der Waals surface area contributed by atoms with E-state index in [9.17, 15) is 9.90 Å².